The molecule has 6 nitrogen and oxygen atoms in total. The van der Waals surface area contributed by atoms with Gasteiger partial charge in [-0.3, -0.25) is 14.9 Å². The van der Waals surface area contributed by atoms with Gasteiger partial charge < -0.3 is 10.1 Å². The van der Waals surface area contributed by atoms with Crippen LogP contribution in [-0.4, -0.2) is 24.5 Å². The van der Waals surface area contributed by atoms with Crippen molar-refractivity contribution in [3.8, 4) is 11.1 Å². The standard InChI is InChI=1S/C20H16ClFN2O4/c21-18-11(2-1-3-12(18)13-6-7-17(25)24-19(13)26)10-4-5-14(15(22)8-10)16-9-28-20(27)23-16/h1-5,8,13,16H,6-7,9H2,(H,23,27)(H,24,25,26). The summed E-state index contributed by atoms with van der Waals surface area (Å²) < 4.78 is 19.5. The second-order valence-corrected chi connectivity index (χ2v) is 7.12. The topological polar surface area (TPSA) is 84.5 Å². The van der Waals surface area contributed by atoms with Gasteiger partial charge in [-0.25, -0.2) is 9.18 Å². The highest BCUT2D eigenvalue weighted by molar-refractivity contribution is 6.34. The Kier molecular flexibility index (Phi) is 4.77. The number of piperidine rings is 1. The first-order valence-corrected chi connectivity index (χ1v) is 9.17. The smallest absolute Gasteiger partial charge is 0.407 e. The Labute approximate surface area is 165 Å². The third-order valence-electron chi connectivity index (χ3n) is 5.00. The summed E-state index contributed by atoms with van der Waals surface area (Å²) in [4.78, 5) is 34.7. The molecule has 0 radical (unpaired) electrons. The number of cyclic esters (lactones) is 1. The number of amides is 3. The van der Waals surface area contributed by atoms with Crippen molar-refractivity contribution < 1.29 is 23.5 Å². The first-order chi connectivity index (χ1) is 13.4. The number of imide groups is 1. The van der Waals surface area contributed by atoms with E-state index in [-0.39, 0.29) is 24.8 Å². The number of nitrogens with one attached hydrogen (secondary N) is 2. The number of rotatable bonds is 3. The fourth-order valence-corrected chi connectivity index (χ4v) is 3.93. The molecule has 0 bridgehead atoms. The molecule has 0 aliphatic carbocycles. The largest absolute Gasteiger partial charge is 0.447 e. The lowest BCUT2D eigenvalue weighted by Gasteiger charge is -2.23. The summed E-state index contributed by atoms with van der Waals surface area (Å²) in [6, 6.07) is 9.32. The van der Waals surface area contributed by atoms with Gasteiger partial charge in [-0.1, -0.05) is 41.9 Å². The van der Waals surface area contributed by atoms with Gasteiger partial charge in [-0.15, -0.1) is 0 Å². The van der Waals surface area contributed by atoms with E-state index in [0.29, 0.717) is 33.7 Å². The van der Waals surface area contributed by atoms with E-state index in [9.17, 15) is 18.8 Å². The molecule has 2 fully saturated rings. The molecule has 2 aromatic rings. The Morgan fingerprint density at radius 2 is 1.93 bits per heavy atom. The third-order valence-corrected chi connectivity index (χ3v) is 5.43. The molecule has 0 saturated carbocycles. The van der Waals surface area contributed by atoms with Crippen molar-refractivity contribution in [3.63, 3.8) is 0 Å². The molecule has 2 aromatic carbocycles. The molecule has 2 heterocycles. The van der Waals surface area contributed by atoms with Crippen LogP contribution in [0.15, 0.2) is 36.4 Å². The van der Waals surface area contributed by atoms with Crippen LogP contribution in [0.1, 0.15) is 35.9 Å². The predicted octanol–water partition coefficient (Wildman–Crippen LogP) is 3.45. The van der Waals surface area contributed by atoms with Gasteiger partial charge in [0.2, 0.25) is 11.8 Å². The van der Waals surface area contributed by atoms with Crippen molar-refractivity contribution in [1.82, 2.24) is 10.6 Å². The number of benzene rings is 2. The molecule has 2 aliphatic heterocycles. The SMILES string of the molecule is O=C1CCC(c2cccc(-c3ccc(C4COC(=O)N4)c(F)c3)c2Cl)C(=O)N1. The minimum Gasteiger partial charge on any atom is -0.447 e. The van der Waals surface area contributed by atoms with E-state index in [1.54, 1.807) is 30.3 Å². The van der Waals surface area contributed by atoms with E-state index in [1.807, 2.05) is 0 Å². The number of hydrogen-bond acceptors (Lipinski definition) is 4. The number of halogens is 2. The minimum atomic E-state index is -0.575. The lowest BCUT2D eigenvalue weighted by Crippen LogP contribution is -2.39. The van der Waals surface area contributed by atoms with Crippen LogP contribution in [0.25, 0.3) is 11.1 Å². The van der Waals surface area contributed by atoms with Crippen molar-refractivity contribution in [2.24, 2.45) is 0 Å². The summed E-state index contributed by atoms with van der Waals surface area (Å²) in [7, 11) is 0. The van der Waals surface area contributed by atoms with Crippen molar-refractivity contribution in [2.45, 2.75) is 24.8 Å². The van der Waals surface area contributed by atoms with Crippen LogP contribution in [0.4, 0.5) is 9.18 Å². The van der Waals surface area contributed by atoms with Crippen molar-refractivity contribution in [1.29, 1.82) is 0 Å². The molecule has 2 atom stereocenters. The zero-order valence-corrected chi connectivity index (χ0v) is 15.4. The molecule has 2 saturated heterocycles. The van der Waals surface area contributed by atoms with E-state index in [4.69, 9.17) is 16.3 Å². The summed E-state index contributed by atoms with van der Waals surface area (Å²) in [5.74, 6) is -1.70. The summed E-state index contributed by atoms with van der Waals surface area (Å²) in [6.45, 7) is 0.0703. The van der Waals surface area contributed by atoms with E-state index >= 15 is 0 Å². The van der Waals surface area contributed by atoms with Crippen molar-refractivity contribution in [2.75, 3.05) is 6.61 Å². The molecule has 4 rings (SSSR count). The zero-order chi connectivity index (χ0) is 19.8. The van der Waals surface area contributed by atoms with Gasteiger partial charge in [-0.2, -0.15) is 0 Å². The van der Waals surface area contributed by atoms with Crippen LogP contribution in [-0.2, 0) is 14.3 Å². The van der Waals surface area contributed by atoms with Crippen LogP contribution >= 0.6 is 11.6 Å². The average molecular weight is 403 g/mol. The minimum absolute atomic E-state index is 0.0703. The van der Waals surface area contributed by atoms with Gasteiger partial charge in [0.05, 0.1) is 17.0 Å². The summed E-state index contributed by atoms with van der Waals surface area (Å²) in [5, 5.41) is 5.21. The lowest BCUT2D eigenvalue weighted by molar-refractivity contribution is -0.134. The number of carbonyl (C=O) groups excluding carboxylic acids is 3. The van der Waals surface area contributed by atoms with Gasteiger partial charge in [0.15, 0.2) is 0 Å². The summed E-state index contributed by atoms with van der Waals surface area (Å²) in [5.41, 5.74) is 2.06. The molecule has 2 unspecified atom stereocenters. The van der Waals surface area contributed by atoms with Gasteiger partial charge in [0, 0.05) is 17.5 Å². The Morgan fingerprint density at radius 1 is 1.11 bits per heavy atom. The molecular formula is C20H16ClFN2O4. The maximum absolute atomic E-state index is 14.7. The van der Waals surface area contributed by atoms with Crippen LogP contribution in [0, 0.1) is 5.82 Å². The Bertz CT molecular complexity index is 994. The zero-order valence-electron chi connectivity index (χ0n) is 14.6. The quantitative estimate of drug-likeness (QED) is 0.770. The van der Waals surface area contributed by atoms with Gasteiger partial charge in [0.25, 0.3) is 0 Å². The molecule has 3 amide bonds. The van der Waals surface area contributed by atoms with E-state index < -0.39 is 23.9 Å². The molecule has 28 heavy (non-hydrogen) atoms. The highest BCUT2D eigenvalue weighted by Crippen LogP contribution is 2.38. The molecule has 0 aromatic heterocycles. The van der Waals surface area contributed by atoms with Crippen molar-refractivity contribution in [3.05, 3.63) is 58.4 Å². The van der Waals surface area contributed by atoms with Crippen LogP contribution in [0.2, 0.25) is 5.02 Å². The molecule has 8 heteroatoms. The molecular weight excluding hydrogens is 387 g/mol. The van der Waals surface area contributed by atoms with E-state index in [0.717, 1.165) is 0 Å². The Morgan fingerprint density at radius 3 is 2.61 bits per heavy atom. The second-order valence-electron chi connectivity index (χ2n) is 6.74. The summed E-state index contributed by atoms with van der Waals surface area (Å²) in [6.07, 6.45) is 0.0475. The highest BCUT2D eigenvalue weighted by Gasteiger charge is 2.30. The number of ether oxygens (including phenoxy) is 1. The van der Waals surface area contributed by atoms with Crippen LogP contribution in [0.3, 0.4) is 0 Å². The van der Waals surface area contributed by atoms with Crippen LogP contribution in [0.5, 0.6) is 0 Å². The monoisotopic (exact) mass is 402 g/mol. The molecule has 0 spiro atoms. The second kappa shape index (κ2) is 7.24. The van der Waals surface area contributed by atoms with Crippen LogP contribution < -0.4 is 10.6 Å². The van der Waals surface area contributed by atoms with E-state index in [1.165, 1.54) is 6.07 Å². The maximum Gasteiger partial charge on any atom is 0.407 e. The van der Waals surface area contributed by atoms with Gasteiger partial charge in [-0.05, 0) is 23.6 Å². The van der Waals surface area contributed by atoms with Crippen molar-refractivity contribution >= 4 is 29.5 Å². The number of alkyl carbamates (subject to hydrolysis) is 1. The molecule has 2 N–H and O–H groups in total. The predicted molar refractivity (Wildman–Crippen MR) is 99.2 cm³/mol. The fraction of sp³-hybridized carbons (Fsp3) is 0.250. The molecule has 2 aliphatic rings. The average Bonchev–Trinajstić information content (AvgIpc) is 3.08. The number of hydrogen-bond donors (Lipinski definition) is 2. The normalized spacial score (nSPS) is 21.9. The first kappa shape index (κ1) is 18.4. The number of carbonyl (C=O) groups is 3. The molecule has 144 valence electrons. The summed E-state index contributed by atoms with van der Waals surface area (Å²) >= 11 is 6.55. The van der Waals surface area contributed by atoms with Gasteiger partial charge >= 0.3 is 6.09 Å². The maximum atomic E-state index is 14.7. The Balaban J connectivity index is 1.66. The van der Waals surface area contributed by atoms with E-state index in [2.05, 4.69) is 10.6 Å². The Hall–Kier alpha value is -2.93. The first-order valence-electron chi connectivity index (χ1n) is 8.79. The fourth-order valence-electron chi connectivity index (χ4n) is 3.56. The van der Waals surface area contributed by atoms with Gasteiger partial charge in [0.1, 0.15) is 12.4 Å². The lowest BCUT2D eigenvalue weighted by atomic mass is 9.88. The highest BCUT2D eigenvalue weighted by atomic mass is 35.5. The third kappa shape index (κ3) is 3.33.